The molecule has 0 saturated heterocycles. The minimum atomic E-state index is -1.64. The number of fused-ring (bicyclic) bond motifs is 2. The van der Waals surface area contributed by atoms with E-state index in [2.05, 4.69) is 10.6 Å². The molecule has 0 bridgehead atoms. The van der Waals surface area contributed by atoms with Gasteiger partial charge in [0.05, 0.1) is 5.69 Å². The summed E-state index contributed by atoms with van der Waals surface area (Å²) in [7, 11) is 0. The second kappa shape index (κ2) is 5.63. The van der Waals surface area contributed by atoms with Crippen molar-refractivity contribution in [1.29, 1.82) is 0 Å². The molecule has 0 fully saturated rings. The molecular formula is C20H16N2O3. The predicted octanol–water partition coefficient (Wildman–Crippen LogP) is 3.57. The number of rotatable bonds is 2. The normalized spacial score (nSPS) is 18.8. The van der Waals surface area contributed by atoms with E-state index in [4.69, 9.17) is 4.74 Å². The number of carbonyl (C=O) groups excluding carboxylic acids is 2. The topological polar surface area (TPSA) is 67.4 Å². The maximum Gasteiger partial charge on any atom is 0.278 e. The van der Waals surface area contributed by atoms with Crippen LogP contribution in [0.2, 0.25) is 0 Å². The van der Waals surface area contributed by atoms with Crippen LogP contribution in [0.1, 0.15) is 6.92 Å². The van der Waals surface area contributed by atoms with Gasteiger partial charge in [0.15, 0.2) is 0 Å². The van der Waals surface area contributed by atoms with Crippen molar-refractivity contribution in [1.82, 2.24) is 0 Å². The van der Waals surface area contributed by atoms with Crippen molar-refractivity contribution in [2.45, 2.75) is 12.5 Å². The van der Waals surface area contributed by atoms with Crippen LogP contribution in [0.25, 0.3) is 10.8 Å². The number of para-hydroxylation sites is 2. The van der Waals surface area contributed by atoms with E-state index < -0.39 is 17.4 Å². The zero-order valence-corrected chi connectivity index (χ0v) is 13.6. The molecule has 1 atom stereocenters. The molecule has 1 aliphatic heterocycles. The van der Waals surface area contributed by atoms with E-state index >= 15 is 0 Å². The smallest absolute Gasteiger partial charge is 0.278 e. The van der Waals surface area contributed by atoms with Crippen LogP contribution in [-0.2, 0) is 9.59 Å². The standard InChI is InChI=1S/C20H16N2O3/c1-20(19(24)22-16-8-4-5-9-17(16)25-20)18(23)21-15-11-10-13-6-2-3-7-14(13)12-15/h2-12H,1H3,(H,21,23)(H,22,24). The van der Waals surface area contributed by atoms with Crippen molar-refractivity contribution in [2.24, 2.45) is 0 Å². The van der Waals surface area contributed by atoms with Gasteiger partial charge in [-0.2, -0.15) is 0 Å². The van der Waals surface area contributed by atoms with E-state index in [0.717, 1.165) is 10.8 Å². The largest absolute Gasteiger partial charge is 0.466 e. The first-order chi connectivity index (χ1) is 12.1. The minimum absolute atomic E-state index is 0.471. The molecule has 0 aliphatic carbocycles. The van der Waals surface area contributed by atoms with Crippen molar-refractivity contribution in [3.63, 3.8) is 0 Å². The molecule has 2 N–H and O–H groups in total. The van der Waals surface area contributed by atoms with Crippen molar-refractivity contribution < 1.29 is 14.3 Å². The Morgan fingerprint density at radius 1 is 1.00 bits per heavy atom. The lowest BCUT2D eigenvalue weighted by atomic mass is 10.0. The number of anilines is 2. The molecule has 5 heteroatoms. The number of benzene rings is 3. The molecule has 5 nitrogen and oxygen atoms in total. The van der Waals surface area contributed by atoms with Crippen LogP contribution in [-0.4, -0.2) is 17.4 Å². The highest BCUT2D eigenvalue weighted by molar-refractivity contribution is 6.19. The average molecular weight is 332 g/mol. The molecule has 2 amide bonds. The number of ether oxygens (including phenoxy) is 1. The molecule has 1 aliphatic rings. The van der Waals surface area contributed by atoms with Gasteiger partial charge in [0, 0.05) is 5.69 Å². The van der Waals surface area contributed by atoms with Crippen molar-refractivity contribution in [2.75, 3.05) is 10.6 Å². The van der Waals surface area contributed by atoms with Crippen LogP contribution in [0, 0.1) is 0 Å². The van der Waals surface area contributed by atoms with Gasteiger partial charge in [-0.25, -0.2) is 0 Å². The highest BCUT2D eigenvalue weighted by atomic mass is 16.5. The molecule has 25 heavy (non-hydrogen) atoms. The quantitative estimate of drug-likeness (QED) is 0.705. The Kier molecular flexibility index (Phi) is 3.42. The van der Waals surface area contributed by atoms with E-state index in [0.29, 0.717) is 17.1 Å². The Hall–Kier alpha value is -3.34. The van der Waals surface area contributed by atoms with Gasteiger partial charge in [0.2, 0.25) is 0 Å². The van der Waals surface area contributed by atoms with Gasteiger partial charge < -0.3 is 15.4 Å². The number of hydrogen-bond donors (Lipinski definition) is 2. The van der Waals surface area contributed by atoms with E-state index in [9.17, 15) is 9.59 Å². The Bertz CT molecular complexity index is 999. The van der Waals surface area contributed by atoms with Crippen LogP contribution in [0.5, 0.6) is 5.75 Å². The molecule has 0 saturated carbocycles. The number of amides is 2. The van der Waals surface area contributed by atoms with Crippen molar-refractivity contribution in [3.8, 4) is 5.75 Å². The van der Waals surface area contributed by atoms with E-state index in [1.165, 1.54) is 6.92 Å². The van der Waals surface area contributed by atoms with Crippen LogP contribution in [0.4, 0.5) is 11.4 Å². The summed E-state index contributed by atoms with van der Waals surface area (Å²) in [4.78, 5) is 25.2. The Balaban J connectivity index is 1.62. The molecular weight excluding hydrogens is 316 g/mol. The fourth-order valence-corrected chi connectivity index (χ4v) is 2.83. The second-order valence-corrected chi connectivity index (χ2v) is 6.10. The van der Waals surface area contributed by atoms with E-state index in [1.807, 2.05) is 36.4 Å². The lowest BCUT2D eigenvalue weighted by molar-refractivity contribution is -0.143. The van der Waals surface area contributed by atoms with Crippen LogP contribution in [0.3, 0.4) is 0 Å². The van der Waals surface area contributed by atoms with Gasteiger partial charge in [-0.05, 0) is 42.0 Å². The first kappa shape index (κ1) is 15.2. The second-order valence-electron chi connectivity index (χ2n) is 6.10. The molecule has 1 unspecified atom stereocenters. The third-order valence-electron chi connectivity index (χ3n) is 4.32. The molecule has 0 aromatic heterocycles. The third kappa shape index (κ3) is 2.59. The molecule has 0 radical (unpaired) electrons. The SMILES string of the molecule is CC1(C(=O)Nc2ccc3ccccc3c2)Oc2ccccc2NC1=O. The van der Waals surface area contributed by atoms with Crippen molar-refractivity contribution in [3.05, 3.63) is 66.7 Å². The molecule has 0 spiro atoms. The summed E-state index contributed by atoms with van der Waals surface area (Å²) in [6.07, 6.45) is 0. The van der Waals surface area contributed by atoms with Crippen LogP contribution < -0.4 is 15.4 Å². The first-order valence-corrected chi connectivity index (χ1v) is 7.96. The average Bonchev–Trinajstić information content (AvgIpc) is 2.62. The van der Waals surface area contributed by atoms with Gasteiger partial charge in [-0.15, -0.1) is 0 Å². The highest BCUT2D eigenvalue weighted by Gasteiger charge is 2.47. The summed E-state index contributed by atoms with van der Waals surface area (Å²) in [5, 5.41) is 7.58. The van der Waals surface area contributed by atoms with Gasteiger partial charge in [0.1, 0.15) is 5.75 Å². The Morgan fingerprint density at radius 2 is 1.72 bits per heavy atom. The predicted molar refractivity (Wildman–Crippen MR) is 96.7 cm³/mol. The van der Waals surface area contributed by atoms with Crippen LogP contribution in [0.15, 0.2) is 66.7 Å². The van der Waals surface area contributed by atoms with Gasteiger partial charge >= 0.3 is 0 Å². The zero-order chi connectivity index (χ0) is 17.4. The fourth-order valence-electron chi connectivity index (χ4n) is 2.83. The van der Waals surface area contributed by atoms with Crippen LogP contribution >= 0.6 is 0 Å². The van der Waals surface area contributed by atoms with Crippen molar-refractivity contribution >= 4 is 34.0 Å². The Morgan fingerprint density at radius 3 is 2.56 bits per heavy atom. The first-order valence-electron chi connectivity index (χ1n) is 7.96. The lowest BCUT2D eigenvalue weighted by Crippen LogP contribution is -2.56. The number of hydrogen-bond acceptors (Lipinski definition) is 3. The highest BCUT2D eigenvalue weighted by Crippen LogP contribution is 2.34. The summed E-state index contributed by atoms with van der Waals surface area (Å²) in [5.41, 5.74) is -0.469. The monoisotopic (exact) mass is 332 g/mol. The summed E-state index contributed by atoms with van der Waals surface area (Å²) < 4.78 is 5.73. The Labute approximate surface area is 144 Å². The summed E-state index contributed by atoms with van der Waals surface area (Å²) in [6, 6.07) is 20.5. The molecule has 1 heterocycles. The van der Waals surface area contributed by atoms with Gasteiger partial charge in [-0.1, -0.05) is 42.5 Å². The third-order valence-corrected chi connectivity index (χ3v) is 4.32. The fraction of sp³-hybridized carbons (Fsp3) is 0.100. The summed E-state index contributed by atoms with van der Waals surface area (Å²) >= 11 is 0. The molecule has 3 aromatic carbocycles. The molecule has 3 aromatic rings. The van der Waals surface area contributed by atoms with E-state index in [-0.39, 0.29) is 0 Å². The summed E-state index contributed by atoms with van der Waals surface area (Å²) in [6.45, 7) is 1.47. The zero-order valence-electron chi connectivity index (χ0n) is 13.6. The minimum Gasteiger partial charge on any atom is -0.466 e. The lowest BCUT2D eigenvalue weighted by Gasteiger charge is -2.33. The summed E-state index contributed by atoms with van der Waals surface area (Å²) in [5.74, 6) is -0.544. The molecule has 4 rings (SSSR count). The maximum atomic E-state index is 12.7. The maximum absolute atomic E-state index is 12.7. The van der Waals surface area contributed by atoms with E-state index in [1.54, 1.807) is 30.3 Å². The number of carbonyl (C=O) groups is 2. The number of nitrogens with one attached hydrogen (secondary N) is 2. The van der Waals surface area contributed by atoms with Gasteiger partial charge in [0.25, 0.3) is 17.4 Å². The molecule has 124 valence electrons. The van der Waals surface area contributed by atoms with Gasteiger partial charge in [-0.3, -0.25) is 9.59 Å².